The van der Waals surface area contributed by atoms with Gasteiger partial charge in [-0.05, 0) is 70.4 Å². The van der Waals surface area contributed by atoms with E-state index in [4.69, 9.17) is 14.4 Å². The molecule has 51 heavy (non-hydrogen) atoms. The zero-order chi connectivity index (χ0) is 33.8. The topological polar surface area (TPSA) is 43.9 Å². The van der Waals surface area contributed by atoms with Crippen LogP contribution in [0.3, 0.4) is 0 Å². The molecule has 1 aliphatic heterocycles. The molecule has 0 radical (unpaired) electrons. The Hall–Kier alpha value is -6.52. The average molecular weight is 654 g/mol. The van der Waals surface area contributed by atoms with Crippen LogP contribution < -0.4 is 0 Å². The number of para-hydroxylation sites is 1. The molecule has 0 bridgehead atoms. The maximum absolute atomic E-state index is 6.72. The molecule has 4 heterocycles. The van der Waals surface area contributed by atoms with E-state index in [1.807, 2.05) is 12.1 Å². The highest BCUT2D eigenvalue weighted by atomic mass is 16.3. The largest absolute Gasteiger partial charge is 0.455 e. The molecule has 0 spiro atoms. The highest BCUT2D eigenvalue weighted by Gasteiger charge is 2.37. The summed E-state index contributed by atoms with van der Waals surface area (Å²) in [6.45, 7) is 4.71. The van der Waals surface area contributed by atoms with Crippen molar-refractivity contribution in [1.82, 2.24) is 14.5 Å². The van der Waals surface area contributed by atoms with Crippen LogP contribution in [-0.2, 0) is 5.41 Å². The van der Waals surface area contributed by atoms with E-state index in [1.165, 1.54) is 49.4 Å². The first-order valence-electron chi connectivity index (χ1n) is 17.5. The van der Waals surface area contributed by atoms with Crippen molar-refractivity contribution in [3.8, 4) is 39.6 Å². The molecule has 0 unspecified atom stereocenters. The van der Waals surface area contributed by atoms with E-state index in [2.05, 4.69) is 158 Å². The predicted octanol–water partition coefficient (Wildman–Crippen LogP) is 12.3. The molecule has 0 aliphatic carbocycles. The first-order chi connectivity index (χ1) is 25.0. The van der Waals surface area contributed by atoms with Crippen molar-refractivity contribution in [3.63, 3.8) is 0 Å². The van der Waals surface area contributed by atoms with Crippen LogP contribution in [-0.4, -0.2) is 14.5 Å². The normalized spacial score (nSPS) is 13.5. The van der Waals surface area contributed by atoms with Gasteiger partial charge in [-0.3, -0.25) is 0 Å². The monoisotopic (exact) mass is 653 g/mol. The molecule has 10 aromatic rings. The van der Waals surface area contributed by atoms with Gasteiger partial charge in [0.2, 0.25) is 0 Å². The Kier molecular flexibility index (Phi) is 5.70. The van der Waals surface area contributed by atoms with Crippen LogP contribution in [0.5, 0.6) is 0 Å². The SMILES string of the molecule is CC1(C)c2cc(-c3nc(-c4ccccc4)cc(-c4ccccc4)n3)ccc2-n2c3cc4ccccc4cc3c3c4oc5ccccc5c4cc1c32. The molecule has 11 rings (SSSR count). The third-order valence-electron chi connectivity index (χ3n) is 10.9. The molecule has 4 nitrogen and oxygen atoms in total. The fourth-order valence-corrected chi connectivity index (χ4v) is 8.40. The Balaban J connectivity index is 1.22. The summed E-state index contributed by atoms with van der Waals surface area (Å²) in [6, 6.07) is 53.8. The van der Waals surface area contributed by atoms with Gasteiger partial charge in [-0.25, -0.2) is 9.97 Å². The smallest absolute Gasteiger partial charge is 0.160 e. The minimum absolute atomic E-state index is 0.334. The zero-order valence-corrected chi connectivity index (χ0v) is 28.2. The maximum atomic E-state index is 6.72. The minimum atomic E-state index is -0.334. The molecule has 7 aromatic carbocycles. The van der Waals surface area contributed by atoms with Crippen molar-refractivity contribution in [1.29, 1.82) is 0 Å². The van der Waals surface area contributed by atoms with Gasteiger partial charge >= 0.3 is 0 Å². The number of benzene rings is 7. The number of fused-ring (bicyclic) bond motifs is 10. The third-order valence-corrected chi connectivity index (χ3v) is 10.9. The molecule has 0 amide bonds. The van der Waals surface area contributed by atoms with Gasteiger partial charge in [-0.15, -0.1) is 0 Å². The fourth-order valence-electron chi connectivity index (χ4n) is 8.40. The third kappa shape index (κ3) is 4.02. The summed E-state index contributed by atoms with van der Waals surface area (Å²) in [6.07, 6.45) is 0. The Bertz CT molecular complexity index is 2980. The first kappa shape index (κ1) is 28.3. The summed E-state index contributed by atoms with van der Waals surface area (Å²) in [5, 5.41) is 7.11. The number of furan rings is 1. The van der Waals surface area contributed by atoms with Gasteiger partial charge in [0.25, 0.3) is 0 Å². The van der Waals surface area contributed by atoms with Crippen LogP contribution in [0.4, 0.5) is 0 Å². The van der Waals surface area contributed by atoms with Crippen LogP contribution in [0, 0.1) is 0 Å². The average Bonchev–Trinajstić information content (AvgIpc) is 3.72. The van der Waals surface area contributed by atoms with Crippen molar-refractivity contribution >= 4 is 54.5 Å². The summed E-state index contributed by atoms with van der Waals surface area (Å²) in [5.41, 5.74) is 12.5. The van der Waals surface area contributed by atoms with E-state index >= 15 is 0 Å². The van der Waals surface area contributed by atoms with Crippen molar-refractivity contribution in [3.05, 3.63) is 163 Å². The summed E-state index contributed by atoms with van der Waals surface area (Å²) in [4.78, 5) is 10.4. The molecule has 0 saturated carbocycles. The van der Waals surface area contributed by atoms with Crippen molar-refractivity contribution in [2.75, 3.05) is 0 Å². The highest BCUT2D eigenvalue weighted by Crippen LogP contribution is 2.52. The lowest BCUT2D eigenvalue weighted by Crippen LogP contribution is -2.26. The van der Waals surface area contributed by atoms with E-state index in [0.717, 1.165) is 50.0 Å². The second kappa shape index (κ2) is 10.3. The molecule has 0 saturated heterocycles. The molecule has 3 aromatic heterocycles. The van der Waals surface area contributed by atoms with Crippen molar-refractivity contribution in [2.45, 2.75) is 19.3 Å². The Morgan fingerprint density at radius 2 is 1.18 bits per heavy atom. The van der Waals surface area contributed by atoms with Gasteiger partial charge in [0.15, 0.2) is 5.82 Å². The van der Waals surface area contributed by atoms with Gasteiger partial charge in [0, 0.05) is 38.3 Å². The predicted molar refractivity (Wildman–Crippen MR) is 210 cm³/mol. The van der Waals surface area contributed by atoms with Crippen LogP contribution in [0.15, 0.2) is 156 Å². The lowest BCUT2D eigenvalue weighted by atomic mass is 9.73. The molecular formula is C47H31N3O. The summed E-state index contributed by atoms with van der Waals surface area (Å²) in [5.74, 6) is 0.712. The lowest BCUT2D eigenvalue weighted by molar-refractivity contribution is 0.630. The van der Waals surface area contributed by atoms with Crippen molar-refractivity contribution < 1.29 is 4.42 Å². The van der Waals surface area contributed by atoms with E-state index in [-0.39, 0.29) is 5.41 Å². The summed E-state index contributed by atoms with van der Waals surface area (Å²) < 4.78 is 9.19. The molecule has 0 fully saturated rings. The van der Waals surface area contributed by atoms with E-state index in [9.17, 15) is 0 Å². The van der Waals surface area contributed by atoms with Crippen LogP contribution in [0.25, 0.3) is 94.1 Å². The number of nitrogens with zero attached hydrogens (tertiary/aromatic N) is 3. The fraction of sp³-hybridized carbons (Fsp3) is 0.0638. The van der Waals surface area contributed by atoms with E-state index in [0.29, 0.717) is 5.82 Å². The minimum Gasteiger partial charge on any atom is -0.455 e. The number of rotatable bonds is 3. The first-order valence-corrected chi connectivity index (χ1v) is 17.5. The summed E-state index contributed by atoms with van der Waals surface area (Å²) >= 11 is 0. The standard InChI is InChI=1S/C47H31N3O/c1-47(2)36-24-32(46-48-38(28-13-5-3-6-14-28)27-39(49-46)29-15-7-4-8-16-29)21-22-40(36)50-41-25-31-18-10-9-17-30(31)23-35(41)43-44(50)37(47)26-34-33-19-11-12-20-42(33)51-45(34)43/h3-27H,1-2H3. The lowest BCUT2D eigenvalue weighted by Gasteiger charge is -2.35. The van der Waals surface area contributed by atoms with E-state index in [1.54, 1.807) is 0 Å². The number of aromatic nitrogens is 3. The van der Waals surface area contributed by atoms with Gasteiger partial charge < -0.3 is 8.98 Å². The zero-order valence-electron chi connectivity index (χ0n) is 28.2. The molecule has 1 aliphatic rings. The molecule has 4 heteroatoms. The molecule has 240 valence electrons. The Morgan fingerprint density at radius 3 is 1.90 bits per heavy atom. The number of hydrogen-bond donors (Lipinski definition) is 0. The maximum Gasteiger partial charge on any atom is 0.160 e. The second-order valence-electron chi connectivity index (χ2n) is 14.2. The molecule has 0 N–H and O–H groups in total. The quantitative estimate of drug-likeness (QED) is 0.191. The number of hydrogen-bond acceptors (Lipinski definition) is 3. The molecule has 0 atom stereocenters. The van der Waals surface area contributed by atoms with Gasteiger partial charge in [-0.2, -0.15) is 0 Å². The molecular weight excluding hydrogens is 623 g/mol. The van der Waals surface area contributed by atoms with Gasteiger partial charge in [0.1, 0.15) is 11.2 Å². The van der Waals surface area contributed by atoms with Crippen molar-refractivity contribution in [2.24, 2.45) is 0 Å². The van der Waals surface area contributed by atoms with Gasteiger partial charge in [0.05, 0.1) is 33.5 Å². The highest BCUT2D eigenvalue weighted by molar-refractivity contribution is 6.26. The Morgan fingerprint density at radius 1 is 0.529 bits per heavy atom. The van der Waals surface area contributed by atoms with Crippen LogP contribution in [0.2, 0.25) is 0 Å². The van der Waals surface area contributed by atoms with E-state index < -0.39 is 0 Å². The van der Waals surface area contributed by atoms with Crippen LogP contribution >= 0.6 is 0 Å². The van der Waals surface area contributed by atoms with Crippen LogP contribution in [0.1, 0.15) is 25.0 Å². The second-order valence-corrected chi connectivity index (χ2v) is 14.2. The van der Waals surface area contributed by atoms with Gasteiger partial charge in [-0.1, -0.05) is 117 Å². The summed E-state index contributed by atoms with van der Waals surface area (Å²) in [7, 11) is 0. The Labute approximate surface area is 294 Å².